The van der Waals surface area contributed by atoms with Gasteiger partial charge in [-0.25, -0.2) is 0 Å². The van der Waals surface area contributed by atoms with Gasteiger partial charge in [0.15, 0.2) is 5.82 Å². The van der Waals surface area contributed by atoms with Crippen LogP contribution in [-0.2, 0) is 11.2 Å². The fourth-order valence-corrected chi connectivity index (χ4v) is 3.63. The zero-order valence-corrected chi connectivity index (χ0v) is 14.9. The van der Waals surface area contributed by atoms with Crippen LogP contribution in [0.15, 0.2) is 42.6 Å². The molecule has 2 aromatic rings. The van der Waals surface area contributed by atoms with Crippen LogP contribution in [0.3, 0.4) is 0 Å². The summed E-state index contributed by atoms with van der Waals surface area (Å²) in [6.07, 6.45) is 5.20. The van der Waals surface area contributed by atoms with Crippen molar-refractivity contribution in [3.05, 3.63) is 48.2 Å². The highest BCUT2D eigenvalue weighted by atomic mass is 16.2. The van der Waals surface area contributed by atoms with Crippen molar-refractivity contribution in [1.82, 2.24) is 20.8 Å². The van der Waals surface area contributed by atoms with Gasteiger partial charge in [0.25, 0.3) is 0 Å². The first kappa shape index (κ1) is 17.1. The van der Waals surface area contributed by atoms with E-state index in [0.717, 1.165) is 44.2 Å². The summed E-state index contributed by atoms with van der Waals surface area (Å²) in [6.45, 7) is 3.69. The van der Waals surface area contributed by atoms with Crippen LogP contribution < -0.4 is 15.5 Å². The Kier molecular flexibility index (Phi) is 5.22. The molecule has 0 unspecified atom stereocenters. The molecule has 2 fully saturated rings. The number of benzene rings is 1. The fraction of sp³-hybridized carbons (Fsp3) is 0.450. The molecule has 6 nitrogen and oxygen atoms in total. The summed E-state index contributed by atoms with van der Waals surface area (Å²) in [5.74, 6) is 1.41. The molecule has 1 aromatic heterocycles. The van der Waals surface area contributed by atoms with E-state index in [9.17, 15) is 4.79 Å². The van der Waals surface area contributed by atoms with Crippen molar-refractivity contribution in [2.45, 2.75) is 19.3 Å². The second kappa shape index (κ2) is 7.93. The molecular weight excluding hydrogens is 326 g/mol. The van der Waals surface area contributed by atoms with E-state index in [-0.39, 0.29) is 11.8 Å². The van der Waals surface area contributed by atoms with Gasteiger partial charge in [0.2, 0.25) is 5.91 Å². The summed E-state index contributed by atoms with van der Waals surface area (Å²) < 4.78 is 0. The van der Waals surface area contributed by atoms with Crippen LogP contribution in [0.5, 0.6) is 0 Å². The maximum atomic E-state index is 12.9. The van der Waals surface area contributed by atoms with Crippen LogP contribution in [0.1, 0.15) is 18.4 Å². The second-order valence-electron chi connectivity index (χ2n) is 7.17. The quantitative estimate of drug-likeness (QED) is 0.861. The number of hydrogen-bond acceptors (Lipinski definition) is 5. The summed E-state index contributed by atoms with van der Waals surface area (Å²) in [4.78, 5) is 14.6. The van der Waals surface area contributed by atoms with E-state index in [0.29, 0.717) is 5.82 Å². The van der Waals surface area contributed by atoms with Crippen LogP contribution in [0.25, 0.3) is 0 Å². The number of nitrogens with zero attached hydrogens (tertiary/aromatic N) is 3. The molecule has 0 radical (unpaired) electrons. The molecule has 3 heterocycles. The maximum Gasteiger partial charge on any atom is 0.238 e. The Bertz CT molecular complexity index is 724. The Balaban J connectivity index is 1.54. The van der Waals surface area contributed by atoms with E-state index < -0.39 is 0 Å². The molecule has 2 N–H and O–H groups in total. The van der Waals surface area contributed by atoms with Gasteiger partial charge in [0, 0.05) is 19.3 Å². The highest BCUT2D eigenvalue weighted by Gasteiger charge is 2.31. The van der Waals surface area contributed by atoms with Crippen LogP contribution >= 0.6 is 0 Å². The Morgan fingerprint density at radius 2 is 1.85 bits per heavy atom. The molecule has 4 rings (SSSR count). The van der Waals surface area contributed by atoms with E-state index in [1.54, 1.807) is 11.1 Å². The molecule has 0 bridgehead atoms. The van der Waals surface area contributed by atoms with Crippen LogP contribution in [-0.4, -0.2) is 42.3 Å². The van der Waals surface area contributed by atoms with Crippen molar-refractivity contribution in [2.75, 3.05) is 31.1 Å². The first-order valence-corrected chi connectivity index (χ1v) is 9.43. The summed E-state index contributed by atoms with van der Waals surface area (Å²) in [5, 5.41) is 14.7. The number of rotatable bonds is 5. The Morgan fingerprint density at radius 3 is 2.46 bits per heavy atom. The van der Waals surface area contributed by atoms with Crippen LogP contribution in [0.2, 0.25) is 0 Å². The van der Waals surface area contributed by atoms with E-state index in [2.05, 4.69) is 33.0 Å². The van der Waals surface area contributed by atoms with E-state index in [1.807, 2.05) is 24.3 Å². The number of carbonyl (C=O) groups is 1. The molecule has 2 aliphatic rings. The van der Waals surface area contributed by atoms with Gasteiger partial charge in [-0.3, -0.25) is 9.69 Å². The summed E-state index contributed by atoms with van der Waals surface area (Å²) in [6, 6.07) is 12.0. The molecular formula is C20H25N5O. The van der Waals surface area contributed by atoms with Crippen molar-refractivity contribution in [2.24, 2.45) is 11.8 Å². The standard InChI is InChI=1S/C20H25N5O/c26-20(17-13-22-14-17)25(19-2-1-9-23-24-19)18-5-3-15(4-6-18)12-16-7-10-21-11-8-16/h1-6,9,16-17,21-22H,7-8,10-14H2. The van der Waals surface area contributed by atoms with Gasteiger partial charge in [-0.2, -0.15) is 5.10 Å². The lowest BCUT2D eigenvalue weighted by atomic mass is 9.91. The zero-order chi connectivity index (χ0) is 17.8. The van der Waals surface area contributed by atoms with Crippen molar-refractivity contribution >= 4 is 17.4 Å². The van der Waals surface area contributed by atoms with Gasteiger partial charge in [-0.15, -0.1) is 5.10 Å². The predicted octanol–water partition coefficient (Wildman–Crippen LogP) is 1.90. The second-order valence-corrected chi connectivity index (χ2v) is 7.17. The minimum absolute atomic E-state index is 0.00595. The van der Waals surface area contributed by atoms with Gasteiger partial charge in [0.1, 0.15) is 0 Å². The zero-order valence-electron chi connectivity index (χ0n) is 14.9. The average molecular weight is 351 g/mol. The number of hydrogen-bond donors (Lipinski definition) is 2. The van der Waals surface area contributed by atoms with Gasteiger partial charge < -0.3 is 10.6 Å². The number of anilines is 2. The Labute approximate surface area is 154 Å². The first-order chi connectivity index (χ1) is 12.8. The van der Waals surface area contributed by atoms with E-state index >= 15 is 0 Å². The molecule has 6 heteroatoms. The third-order valence-corrected chi connectivity index (χ3v) is 5.32. The van der Waals surface area contributed by atoms with Gasteiger partial charge in [-0.05, 0) is 68.1 Å². The van der Waals surface area contributed by atoms with E-state index in [1.165, 1.54) is 18.4 Å². The lowest BCUT2D eigenvalue weighted by Gasteiger charge is -2.31. The van der Waals surface area contributed by atoms with Gasteiger partial charge >= 0.3 is 0 Å². The number of nitrogens with one attached hydrogen (secondary N) is 2. The fourth-order valence-electron chi connectivity index (χ4n) is 3.63. The molecule has 2 saturated heterocycles. The lowest BCUT2D eigenvalue weighted by Crippen LogP contribution is -2.51. The SMILES string of the molecule is O=C(C1CNC1)N(c1ccc(CC2CCNCC2)cc1)c1cccnn1. The van der Waals surface area contributed by atoms with Gasteiger partial charge in [0.05, 0.1) is 11.6 Å². The molecule has 0 spiro atoms. The summed E-state index contributed by atoms with van der Waals surface area (Å²) in [5.41, 5.74) is 2.19. The third kappa shape index (κ3) is 3.76. The molecule has 1 amide bonds. The number of carbonyl (C=O) groups excluding carboxylic acids is 1. The number of amides is 1. The predicted molar refractivity (Wildman–Crippen MR) is 101 cm³/mol. The molecule has 0 atom stereocenters. The van der Waals surface area contributed by atoms with Crippen molar-refractivity contribution in [3.8, 4) is 0 Å². The van der Waals surface area contributed by atoms with E-state index in [4.69, 9.17) is 0 Å². The highest BCUT2D eigenvalue weighted by Crippen LogP contribution is 2.27. The lowest BCUT2D eigenvalue weighted by molar-refractivity contribution is -0.123. The van der Waals surface area contributed by atoms with Crippen LogP contribution in [0.4, 0.5) is 11.5 Å². The Hall–Kier alpha value is -2.31. The molecule has 26 heavy (non-hydrogen) atoms. The largest absolute Gasteiger partial charge is 0.317 e. The molecule has 2 aliphatic heterocycles. The minimum atomic E-state index is 0.00595. The molecule has 136 valence electrons. The smallest absolute Gasteiger partial charge is 0.238 e. The molecule has 1 aromatic carbocycles. The normalized spacial score (nSPS) is 18.3. The van der Waals surface area contributed by atoms with Crippen molar-refractivity contribution in [1.29, 1.82) is 0 Å². The van der Waals surface area contributed by atoms with Crippen LogP contribution in [0, 0.1) is 11.8 Å². The number of piperidine rings is 1. The topological polar surface area (TPSA) is 70.2 Å². The monoisotopic (exact) mass is 351 g/mol. The average Bonchev–Trinajstić information content (AvgIpc) is 2.64. The highest BCUT2D eigenvalue weighted by molar-refractivity contribution is 6.01. The summed E-state index contributed by atoms with van der Waals surface area (Å²) >= 11 is 0. The number of aromatic nitrogens is 2. The van der Waals surface area contributed by atoms with Crippen molar-refractivity contribution in [3.63, 3.8) is 0 Å². The Morgan fingerprint density at radius 1 is 1.08 bits per heavy atom. The minimum Gasteiger partial charge on any atom is -0.317 e. The molecule has 0 saturated carbocycles. The summed E-state index contributed by atoms with van der Waals surface area (Å²) in [7, 11) is 0. The first-order valence-electron chi connectivity index (χ1n) is 9.43. The molecule has 0 aliphatic carbocycles. The van der Waals surface area contributed by atoms with Crippen molar-refractivity contribution < 1.29 is 4.79 Å². The maximum absolute atomic E-state index is 12.9. The third-order valence-electron chi connectivity index (χ3n) is 5.32. The van der Waals surface area contributed by atoms with Gasteiger partial charge in [-0.1, -0.05) is 12.1 Å².